The molecule has 0 radical (unpaired) electrons. The first kappa shape index (κ1) is 20.4. The highest BCUT2D eigenvalue weighted by Gasteiger charge is 2.24. The average Bonchev–Trinajstić information content (AvgIpc) is 3.21. The Hall–Kier alpha value is -3.51. The fraction of sp³-hybridized carbons (Fsp3) is 0.231. The van der Waals surface area contributed by atoms with Crippen LogP contribution in [0, 0.1) is 5.82 Å². The normalized spacial score (nSPS) is 15.5. The van der Waals surface area contributed by atoms with Crippen molar-refractivity contribution in [2.24, 2.45) is 0 Å². The highest BCUT2D eigenvalue weighted by atomic mass is 19.1. The van der Waals surface area contributed by atoms with Crippen molar-refractivity contribution in [1.29, 1.82) is 0 Å². The zero-order chi connectivity index (χ0) is 21.9. The number of aromatic amines is 1. The number of pyridine rings is 1. The predicted molar refractivity (Wildman–Crippen MR) is 123 cm³/mol. The molecule has 2 aromatic carbocycles. The van der Waals surface area contributed by atoms with Crippen molar-refractivity contribution in [3.05, 3.63) is 101 Å². The van der Waals surface area contributed by atoms with E-state index < -0.39 is 0 Å². The number of H-pyrrole nitrogens is 1. The number of hydrogen-bond donors (Lipinski definition) is 3. The van der Waals surface area contributed by atoms with Gasteiger partial charge < -0.3 is 15.6 Å². The number of nitrogens with one attached hydrogen (secondary N) is 3. The molecule has 2 heterocycles. The summed E-state index contributed by atoms with van der Waals surface area (Å²) >= 11 is 0. The van der Waals surface area contributed by atoms with Gasteiger partial charge in [0.15, 0.2) is 0 Å². The molecule has 5 nitrogen and oxygen atoms in total. The standard InChI is InChI=1S/C26H25FN4O/c27-22-6-2-1-4-19(22)16-29-24-7-3-5-20-21-14-18(8-9-23(21)31-25(20)24)26(32)30-15-17-10-12-28-13-11-17/h1-2,4,6,8-14,24,29,31H,3,5,7,15-16H2,(H,30,32). The van der Waals surface area contributed by atoms with E-state index in [4.69, 9.17) is 0 Å². The van der Waals surface area contributed by atoms with Crippen LogP contribution >= 0.6 is 0 Å². The van der Waals surface area contributed by atoms with Crippen LogP contribution in [0.2, 0.25) is 0 Å². The molecule has 0 saturated carbocycles. The number of rotatable bonds is 6. The van der Waals surface area contributed by atoms with E-state index in [1.807, 2.05) is 42.5 Å². The summed E-state index contributed by atoms with van der Waals surface area (Å²) in [7, 11) is 0. The van der Waals surface area contributed by atoms with Gasteiger partial charge in [0.2, 0.25) is 0 Å². The van der Waals surface area contributed by atoms with Gasteiger partial charge in [-0.15, -0.1) is 0 Å². The molecule has 0 aliphatic heterocycles. The van der Waals surface area contributed by atoms with Crippen LogP contribution in [0.25, 0.3) is 10.9 Å². The monoisotopic (exact) mass is 428 g/mol. The summed E-state index contributed by atoms with van der Waals surface area (Å²) in [6.07, 6.45) is 6.45. The van der Waals surface area contributed by atoms with Crippen LogP contribution in [0.1, 0.15) is 51.6 Å². The summed E-state index contributed by atoms with van der Waals surface area (Å²) in [5.41, 5.74) is 5.76. The summed E-state index contributed by atoms with van der Waals surface area (Å²) in [5.74, 6) is -0.279. The van der Waals surface area contributed by atoms with E-state index in [-0.39, 0.29) is 17.8 Å². The zero-order valence-corrected chi connectivity index (χ0v) is 17.7. The smallest absolute Gasteiger partial charge is 0.251 e. The van der Waals surface area contributed by atoms with Gasteiger partial charge in [-0.3, -0.25) is 9.78 Å². The van der Waals surface area contributed by atoms with Crippen LogP contribution in [0.15, 0.2) is 67.0 Å². The van der Waals surface area contributed by atoms with E-state index in [1.54, 1.807) is 18.5 Å². The molecule has 1 aliphatic carbocycles. The Labute approximate surface area is 186 Å². The SMILES string of the molecule is O=C(NCc1ccncc1)c1ccc2[nH]c3c(c2c1)CCCC3NCc1ccccc1F. The van der Waals surface area contributed by atoms with Gasteiger partial charge in [-0.05, 0) is 66.8 Å². The number of fused-ring (bicyclic) bond motifs is 3. The van der Waals surface area contributed by atoms with E-state index in [9.17, 15) is 9.18 Å². The number of aromatic nitrogens is 2. The lowest BCUT2D eigenvalue weighted by Gasteiger charge is -2.24. The first-order valence-electron chi connectivity index (χ1n) is 11.0. The van der Waals surface area contributed by atoms with Crippen molar-refractivity contribution >= 4 is 16.8 Å². The Morgan fingerprint density at radius 1 is 1.09 bits per heavy atom. The van der Waals surface area contributed by atoms with Crippen LogP contribution < -0.4 is 10.6 Å². The van der Waals surface area contributed by atoms with E-state index in [1.165, 1.54) is 11.6 Å². The molecule has 0 saturated heterocycles. The highest BCUT2D eigenvalue weighted by Crippen LogP contribution is 2.35. The van der Waals surface area contributed by atoms with Gasteiger partial charge in [-0.2, -0.15) is 0 Å². The molecule has 32 heavy (non-hydrogen) atoms. The molecule has 1 unspecified atom stereocenters. The predicted octanol–water partition coefficient (Wildman–Crippen LogP) is 4.80. The number of hydrogen-bond acceptors (Lipinski definition) is 3. The Bertz CT molecular complexity index is 1250. The summed E-state index contributed by atoms with van der Waals surface area (Å²) < 4.78 is 14.0. The minimum absolute atomic E-state index is 0.0938. The molecule has 0 spiro atoms. The third kappa shape index (κ3) is 4.14. The minimum Gasteiger partial charge on any atom is -0.357 e. The van der Waals surface area contributed by atoms with Crippen LogP contribution in [0.4, 0.5) is 4.39 Å². The quantitative estimate of drug-likeness (QED) is 0.413. The van der Waals surface area contributed by atoms with E-state index in [0.717, 1.165) is 41.4 Å². The van der Waals surface area contributed by atoms with Crippen LogP contribution in [-0.4, -0.2) is 15.9 Å². The maximum atomic E-state index is 14.0. The van der Waals surface area contributed by atoms with Gasteiger partial charge in [0, 0.05) is 59.2 Å². The van der Waals surface area contributed by atoms with Crippen molar-refractivity contribution in [1.82, 2.24) is 20.6 Å². The van der Waals surface area contributed by atoms with Crippen molar-refractivity contribution in [3.8, 4) is 0 Å². The second-order valence-electron chi connectivity index (χ2n) is 8.23. The average molecular weight is 429 g/mol. The lowest BCUT2D eigenvalue weighted by atomic mass is 9.91. The first-order valence-corrected chi connectivity index (χ1v) is 11.0. The second kappa shape index (κ2) is 8.93. The van der Waals surface area contributed by atoms with Gasteiger partial charge in [0.05, 0.1) is 0 Å². The summed E-state index contributed by atoms with van der Waals surface area (Å²) in [6, 6.07) is 16.6. The van der Waals surface area contributed by atoms with Gasteiger partial charge in [0.25, 0.3) is 5.91 Å². The molecule has 0 bridgehead atoms. The fourth-order valence-electron chi connectivity index (χ4n) is 4.47. The largest absolute Gasteiger partial charge is 0.357 e. The molecule has 1 aliphatic rings. The number of nitrogens with zero attached hydrogens (tertiary/aromatic N) is 1. The lowest BCUT2D eigenvalue weighted by molar-refractivity contribution is 0.0951. The Kier molecular flexibility index (Phi) is 5.69. The number of amides is 1. The summed E-state index contributed by atoms with van der Waals surface area (Å²) in [5, 5.41) is 7.59. The molecule has 4 aromatic rings. The zero-order valence-electron chi connectivity index (χ0n) is 17.7. The summed E-state index contributed by atoms with van der Waals surface area (Å²) in [4.78, 5) is 20.3. The molecule has 6 heteroatoms. The maximum absolute atomic E-state index is 14.0. The third-order valence-electron chi connectivity index (χ3n) is 6.17. The van der Waals surface area contributed by atoms with E-state index in [0.29, 0.717) is 24.2 Å². The number of aryl methyl sites for hydroxylation is 1. The molecule has 162 valence electrons. The molecule has 1 atom stereocenters. The second-order valence-corrected chi connectivity index (χ2v) is 8.23. The third-order valence-corrected chi connectivity index (χ3v) is 6.17. The molecule has 5 rings (SSSR count). The Balaban J connectivity index is 1.34. The molecular weight excluding hydrogens is 403 g/mol. The van der Waals surface area contributed by atoms with Gasteiger partial charge in [0.1, 0.15) is 5.82 Å². The topological polar surface area (TPSA) is 69.8 Å². The van der Waals surface area contributed by atoms with Crippen molar-refractivity contribution in [2.45, 2.75) is 38.4 Å². The highest BCUT2D eigenvalue weighted by molar-refractivity contribution is 5.99. The van der Waals surface area contributed by atoms with Gasteiger partial charge in [-0.25, -0.2) is 4.39 Å². The van der Waals surface area contributed by atoms with Gasteiger partial charge >= 0.3 is 0 Å². The molecule has 3 N–H and O–H groups in total. The van der Waals surface area contributed by atoms with Crippen molar-refractivity contribution in [3.63, 3.8) is 0 Å². The lowest BCUT2D eigenvalue weighted by Crippen LogP contribution is -2.25. The van der Waals surface area contributed by atoms with Crippen molar-refractivity contribution in [2.75, 3.05) is 0 Å². The fourth-order valence-corrected chi connectivity index (χ4v) is 4.47. The molecule has 1 amide bonds. The number of carbonyl (C=O) groups excluding carboxylic acids is 1. The Morgan fingerprint density at radius 3 is 2.78 bits per heavy atom. The van der Waals surface area contributed by atoms with Crippen LogP contribution in [0.3, 0.4) is 0 Å². The number of benzene rings is 2. The van der Waals surface area contributed by atoms with Crippen LogP contribution in [-0.2, 0) is 19.5 Å². The summed E-state index contributed by atoms with van der Waals surface area (Å²) in [6.45, 7) is 0.946. The van der Waals surface area contributed by atoms with E-state index >= 15 is 0 Å². The first-order chi connectivity index (χ1) is 15.7. The van der Waals surface area contributed by atoms with Crippen molar-refractivity contribution < 1.29 is 9.18 Å². The number of carbonyl (C=O) groups is 1. The molecular formula is C26H25FN4O. The van der Waals surface area contributed by atoms with E-state index in [2.05, 4.69) is 20.6 Å². The van der Waals surface area contributed by atoms with Crippen LogP contribution in [0.5, 0.6) is 0 Å². The van der Waals surface area contributed by atoms with Gasteiger partial charge in [-0.1, -0.05) is 18.2 Å². The Morgan fingerprint density at radius 2 is 1.94 bits per heavy atom. The molecule has 2 aromatic heterocycles. The maximum Gasteiger partial charge on any atom is 0.251 e. The minimum atomic E-state index is -0.185. The number of halogens is 1. The molecule has 0 fully saturated rings.